The lowest BCUT2D eigenvalue weighted by Gasteiger charge is -2.08. The lowest BCUT2D eigenvalue weighted by atomic mass is 10.1. The van der Waals surface area contributed by atoms with Gasteiger partial charge < -0.3 is 19.2 Å². The summed E-state index contributed by atoms with van der Waals surface area (Å²) in [6.45, 7) is 3.75. The molecule has 6 nitrogen and oxygen atoms in total. The summed E-state index contributed by atoms with van der Waals surface area (Å²) in [5, 5.41) is 0.437. The van der Waals surface area contributed by atoms with E-state index in [9.17, 15) is 9.59 Å². The van der Waals surface area contributed by atoms with E-state index in [4.69, 9.17) is 14.2 Å². The van der Waals surface area contributed by atoms with Crippen molar-refractivity contribution in [3.8, 4) is 0 Å². The number of hydrogen-bond donors (Lipinski definition) is 1. The smallest absolute Gasteiger partial charge is 0.343 e. The minimum atomic E-state index is -0.622. The third-order valence-electron chi connectivity index (χ3n) is 4.19. The van der Waals surface area contributed by atoms with E-state index >= 15 is 0 Å². The summed E-state index contributed by atoms with van der Waals surface area (Å²) in [6, 6.07) is 15.4. The van der Waals surface area contributed by atoms with Crippen molar-refractivity contribution < 1.29 is 19.0 Å². The van der Waals surface area contributed by atoms with Gasteiger partial charge in [-0.25, -0.2) is 4.79 Å². The zero-order chi connectivity index (χ0) is 19.8. The summed E-state index contributed by atoms with van der Waals surface area (Å²) >= 11 is 0. The standard InChI is InChI=1S/C22H23NO5/c1-2-28-22(25)19-13-23-20-9-8-17(12-18(20)21(19)24)15-27-11-10-26-14-16-6-4-3-5-7-16/h3-9,12-13H,2,10-11,14-15H2,1H3,(H,23,24). The number of carbonyl (C=O) groups is 1. The van der Waals surface area contributed by atoms with Crippen LogP contribution in [0.5, 0.6) is 0 Å². The van der Waals surface area contributed by atoms with Gasteiger partial charge in [-0.3, -0.25) is 4.79 Å². The van der Waals surface area contributed by atoms with E-state index in [0.29, 0.717) is 37.3 Å². The first-order valence-corrected chi connectivity index (χ1v) is 9.20. The Labute approximate surface area is 163 Å². The molecule has 0 atom stereocenters. The van der Waals surface area contributed by atoms with Gasteiger partial charge >= 0.3 is 5.97 Å². The van der Waals surface area contributed by atoms with Crippen LogP contribution in [0.4, 0.5) is 0 Å². The molecule has 0 radical (unpaired) electrons. The Hall–Kier alpha value is -2.96. The van der Waals surface area contributed by atoms with Crippen molar-refractivity contribution in [2.24, 2.45) is 0 Å². The zero-order valence-corrected chi connectivity index (χ0v) is 15.8. The Morgan fingerprint density at radius 2 is 1.68 bits per heavy atom. The second-order valence-corrected chi connectivity index (χ2v) is 6.22. The van der Waals surface area contributed by atoms with Gasteiger partial charge in [0.2, 0.25) is 5.43 Å². The molecule has 3 rings (SSSR count). The van der Waals surface area contributed by atoms with Crippen molar-refractivity contribution in [3.05, 3.63) is 81.6 Å². The number of esters is 1. The first kappa shape index (κ1) is 19.8. The topological polar surface area (TPSA) is 77.6 Å². The molecule has 0 spiro atoms. The van der Waals surface area contributed by atoms with E-state index in [0.717, 1.165) is 11.1 Å². The van der Waals surface area contributed by atoms with E-state index in [1.54, 1.807) is 19.1 Å². The second kappa shape index (κ2) is 9.82. The van der Waals surface area contributed by atoms with Crippen LogP contribution < -0.4 is 5.43 Å². The predicted octanol–water partition coefficient (Wildman–Crippen LogP) is 3.44. The average molecular weight is 381 g/mol. The molecule has 2 aromatic carbocycles. The number of H-pyrrole nitrogens is 1. The number of pyridine rings is 1. The van der Waals surface area contributed by atoms with E-state index < -0.39 is 5.97 Å². The average Bonchev–Trinajstić information content (AvgIpc) is 2.72. The van der Waals surface area contributed by atoms with Gasteiger partial charge in [0, 0.05) is 17.1 Å². The number of rotatable bonds is 9. The predicted molar refractivity (Wildman–Crippen MR) is 106 cm³/mol. The summed E-state index contributed by atoms with van der Waals surface area (Å²) in [6.07, 6.45) is 1.39. The molecule has 1 N–H and O–H groups in total. The molecule has 6 heteroatoms. The number of fused-ring (bicyclic) bond motifs is 1. The largest absolute Gasteiger partial charge is 0.462 e. The molecule has 0 amide bonds. The van der Waals surface area contributed by atoms with Crippen molar-refractivity contribution in [1.29, 1.82) is 0 Å². The minimum Gasteiger partial charge on any atom is -0.462 e. The summed E-state index contributed by atoms with van der Waals surface area (Å²) < 4.78 is 16.1. The molecule has 0 bridgehead atoms. The van der Waals surface area contributed by atoms with Crippen molar-refractivity contribution in [3.63, 3.8) is 0 Å². The van der Waals surface area contributed by atoms with Crippen LogP contribution in [0.2, 0.25) is 0 Å². The number of nitrogens with one attached hydrogen (secondary N) is 1. The molecule has 1 aromatic heterocycles. The molecule has 0 saturated heterocycles. The van der Waals surface area contributed by atoms with Crippen LogP contribution in [-0.4, -0.2) is 30.8 Å². The highest BCUT2D eigenvalue weighted by Gasteiger charge is 2.14. The Morgan fingerprint density at radius 1 is 0.964 bits per heavy atom. The van der Waals surface area contributed by atoms with Gasteiger partial charge in [0.15, 0.2) is 0 Å². The molecule has 1 heterocycles. The van der Waals surface area contributed by atoms with Gasteiger partial charge in [0.1, 0.15) is 5.56 Å². The number of ether oxygens (including phenoxy) is 3. The highest BCUT2D eigenvalue weighted by Crippen LogP contribution is 2.13. The van der Waals surface area contributed by atoms with Gasteiger partial charge in [0.25, 0.3) is 0 Å². The fraction of sp³-hybridized carbons (Fsp3) is 0.273. The molecule has 0 aliphatic carbocycles. The third kappa shape index (κ3) is 5.06. The zero-order valence-electron chi connectivity index (χ0n) is 15.8. The Kier molecular flexibility index (Phi) is 6.94. The summed E-state index contributed by atoms with van der Waals surface area (Å²) in [7, 11) is 0. The molecule has 0 aliphatic rings. The maximum absolute atomic E-state index is 12.6. The first-order valence-electron chi connectivity index (χ1n) is 9.20. The maximum Gasteiger partial charge on any atom is 0.343 e. The molecule has 0 fully saturated rings. The van der Waals surface area contributed by atoms with Gasteiger partial charge in [-0.2, -0.15) is 0 Å². The Bertz CT molecular complexity index is 981. The summed E-state index contributed by atoms with van der Waals surface area (Å²) in [5.41, 5.74) is 2.28. The molecule has 0 saturated carbocycles. The lowest BCUT2D eigenvalue weighted by Crippen LogP contribution is -2.18. The normalized spacial score (nSPS) is 10.9. The van der Waals surface area contributed by atoms with Crippen LogP contribution >= 0.6 is 0 Å². The number of aromatic amines is 1. The number of aromatic nitrogens is 1. The van der Waals surface area contributed by atoms with Crippen LogP contribution in [-0.2, 0) is 27.4 Å². The SMILES string of the molecule is CCOC(=O)c1c[nH]c2ccc(COCCOCc3ccccc3)cc2c1=O. The molecule has 0 unspecified atom stereocenters. The monoisotopic (exact) mass is 381 g/mol. The molecule has 28 heavy (non-hydrogen) atoms. The fourth-order valence-corrected chi connectivity index (χ4v) is 2.79. The van der Waals surface area contributed by atoms with Crippen molar-refractivity contribution in [2.75, 3.05) is 19.8 Å². The van der Waals surface area contributed by atoms with Crippen molar-refractivity contribution >= 4 is 16.9 Å². The molecule has 0 aliphatic heterocycles. The molecule has 3 aromatic rings. The minimum absolute atomic E-state index is 0.00160. The van der Waals surface area contributed by atoms with Crippen molar-refractivity contribution in [1.82, 2.24) is 4.98 Å². The van der Waals surface area contributed by atoms with E-state index in [1.165, 1.54) is 6.20 Å². The third-order valence-corrected chi connectivity index (χ3v) is 4.19. The first-order chi connectivity index (χ1) is 13.7. The van der Waals surface area contributed by atoms with Gasteiger partial charge in [-0.05, 0) is 30.2 Å². The number of hydrogen-bond acceptors (Lipinski definition) is 5. The Morgan fingerprint density at radius 3 is 2.39 bits per heavy atom. The highest BCUT2D eigenvalue weighted by molar-refractivity contribution is 5.93. The number of carbonyl (C=O) groups excluding carboxylic acids is 1. The van der Waals surface area contributed by atoms with E-state index in [2.05, 4.69) is 4.98 Å². The van der Waals surface area contributed by atoms with E-state index in [1.807, 2.05) is 36.4 Å². The summed E-state index contributed by atoms with van der Waals surface area (Å²) in [4.78, 5) is 27.4. The van der Waals surface area contributed by atoms with Crippen LogP contribution in [0.25, 0.3) is 10.9 Å². The van der Waals surface area contributed by atoms with Gasteiger partial charge in [-0.15, -0.1) is 0 Å². The quantitative estimate of drug-likeness (QED) is 0.454. The summed E-state index contributed by atoms with van der Waals surface area (Å²) in [5.74, 6) is -0.622. The van der Waals surface area contributed by atoms with Crippen LogP contribution in [0.1, 0.15) is 28.4 Å². The molecular weight excluding hydrogens is 358 g/mol. The van der Waals surface area contributed by atoms with Gasteiger partial charge in [-0.1, -0.05) is 36.4 Å². The van der Waals surface area contributed by atoms with Gasteiger partial charge in [0.05, 0.1) is 33.0 Å². The fourth-order valence-electron chi connectivity index (χ4n) is 2.79. The highest BCUT2D eigenvalue weighted by atomic mass is 16.5. The number of benzene rings is 2. The maximum atomic E-state index is 12.6. The van der Waals surface area contributed by atoms with E-state index in [-0.39, 0.29) is 17.6 Å². The lowest BCUT2D eigenvalue weighted by molar-refractivity contribution is 0.0339. The van der Waals surface area contributed by atoms with Crippen LogP contribution in [0.15, 0.2) is 59.5 Å². The van der Waals surface area contributed by atoms with Crippen LogP contribution in [0, 0.1) is 0 Å². The second-order valence-electron chi connectivity index (χ2n) is 6.22. The Balaban J connectivity index is 1.55. The van der Waals surface area contributed by atoms with Crippen molar-refractivity contribution in [2.45, 2.75) is 20.1 Å². The molecular formula is C22H23NO5. The van der Waals surface area contributed by atoms with Crippen LogP contribution in [0.3, 0.4) is 0 Å². The molecule has 146 valence electrons.